The molecule has 1 aromatic heterocycles. The summed E-state index contributed by atoms with van der Waals surface area (Å²) < 4.78 is 5.40. The monoisotopic (exact) mass is 340 g/mol. The Morgan fingerprint density at radius 2 is 1.92 bits per heavy atom. The number of hydrogen-bond acceptors (Lipinski definition) is 6. The summed E-state index contributed by atoms with van der Waals surface area (Å²) in [5.41, 5.74) is -0.0418. The van der Waals surface area contributed by atoms with Gasteiger partial charge < -0.3 is 14.6 Å². The predicted octanol–water partition coefficient (Wildman–Crippen LogP) is 1.90. The van der Waals surface area contributed by atoms with Crippen molar-refractivity contribution < 1.29 is 14.6 Å². The average Bonchev–Trinajstić information content (AvgIpc) is 2.66. The SMILES string of the molecule is N#CC1(c2ccccc2)CCN(Cc2oc(CO)cc(=O)c2O)CC1. The van der Waals surface area contributed by atoms with Gasteiger partial charge in [-0.2, -0.15) is 5.26 Å². The highest BCUT2D eigenvalue weighted by Crippen LogP contribution is 2.35. The largest absolute Gasteiger partial charge is 0.502 e. The van der Waals surface area contributed by atoms with E-state index in [9.17, 15) is 15.2 Å². The molecule has 1 fully saturated rings. The van der Waals surface area contributed by atoms with Gasteiger partial charge >= 0.3 is 0 Å². The second-order valence-corrected chi connectivity index (χ2v) is 6.34. The third-order valence-electron chi connectivity index (χ3n) is 4.82. The molecule has 2 aromatic rings. The van der Waals surface area contributed by atoms with E-state index in [0.717, 1.165) is 11.6 Å². The number of hydrogen-bond donors (Lipinski definition) is 2. The topological polar surface area (TPSA) is 97.7 Å². The van der Waals surface area contributed by atoms with E-state index in [1.165, 1.54) is 0 Å². The lowest BCUT2D eigenvalue weighted by atomic mass is 9.74. The highest BCUT2D eigenvalue weighted by molar-refractivity contribution is 5.33. The lowest BCUT2D eigenvalue weighted by Gasteiger charge is -2.37. The van der Waals surface area contributed by atoms with E-state index < -0.39 is 23.2 Å². The van der Waals surface area contributed by atoms with Crippen LogP contribution in [0.15, 0.2) is 45.6 Å². The van der Waals surface area contributed by atoms with Gasteiger partial charge in [0.05, 0.1) is 18.0 Å². The molecule has 0 saturated carbocycles. The maximum absolute atomic E-state index is 11.7. The van der Waals surface area contributed by atoms with Crippen LogP contribution in [0.1, 0.15) is 29.9 Å². The summed E-state index contributed by atoms with van der Waals surface area (Å²) in [5, 5.41) is 28.8. The lowest BCUT2D eigenvalue weighted by molar-refractivity contribution is 0.158. The van der Waals surface area contributed by atoms with Crippen LogP contribution in [-0.4, -0.2) is 28.2 Å². The van der Waals surface area contributed by atoms with E-state index in [1.54, 1.807) is 0 Å². The van der Waals surface area contributed by atoms with Crippen LogP contribution >= 0.6 is 0 Å². The molecule has 1 aromatic carbocycles. The van der Waals surface area contributed by atoms with Gasteiger partial charge in [-0.15, -0.1) is 0 Å². The summed E-state index contributed by atoms with van der Waals surface area (Å²) in [6.07, 6.45) is 1.33. The van der Waals surface area contributed by atoms with Crippen LogP contribution < -0.4 is 5.43 Å². The number of likely N-dealkylation sites (tertiary alicyclic amines) is 1. The highest BCUT2D eigenvalue weighted by Gasteiger charge is 2.36. The van der Waals surface area contributed by atoms with Gasteiger partial charge in [0.2, 0.25) is 11.2 Å². The molecule has 2 heterocycles. The van der Waals surface area contributed by atoms with Crippen LogP contribution in [0.3, 0.4) is 0 Å². The average molecular weight is 340 g/mol. The van der Waals surface area contributed by atoms with Gasteiger partial charge in [0.1, 0.15) is 12.4 Å². The van der Waals surface area contributed by atoms with Gasteiger partial charge in [0.15, 0.2) is 5.76 Å². The molecule has 6 heteroatoms. The number of aliphatic hydroxyl groups is 1. The van der Waals surface area contributed by atoms with Crippen molar-refractivity contribution in [2.75, 3.05) is 13.1 Å². The molecule has 0 amide bonds. The minimum Gasteiger partial charge on any atom is -0.502 e. The first-order valence-corrected chi connectivity index (χ1v) is 8.23. The molecule has 2 N–H and O–H groups in total. The molecule has 0 aliphatic carbocycles. The molecule has 0 unspecified atom stereocenters. The first kappa shape index (κ1) is 17.2. The molecule has 0 atom stereocenters. The smallest absolute Gasteiger partial charge is 0.227 e. The van der Waals surface area contributed by atoms with Crippen LogP contribution in [0.4, 0.5) is 0 Å². The molecule has 130 valence electrons. The minimum absolute atomic E-state index is 0.130. The zero-order valence-electron chi connectivity index (χ0n) is 13.8. The summed E-state index contributed by atoms with van der Waals surface area (Å²) >= 11 is 0. The fourth-order valence-electron chi connectivity index (χ4n) is 3.29. The molecule has 3 rings (SSSR count). The van der Waals surface area contributed by atoms with Crippen molar-refractivity contribution in [2.24, 2.45) is 0 Å². The number of nitriles is 1. The molecule has 1 saturated heterocycles. The normalized spacial score (nSPS) is 17.1. The zero-order chi connectivity index (χ0) is 17.9. The van der Waals surface area contributed by atoms with Gasteiger partial charge in [-0.25, -0.2) is 0 Å². The summed E-state index contributed by atoms with van der Waals surface area (Å²) in [6.45, 7) is 1.17. The van der Waals surface area contributed by atoms with Gasteiger partial charge in [-0.1, -0.05) is 30.3 Å². The third-order valence-corrected chi connectivity index (χ3v) is 4.82. The summed E-state index contributed by atoms with van der Waals surface area (Å²) in [4.78, 5) is 13.8. The van der Waals surface area contributed by atoms with Gasteiger partial charge in [-0.3, -0.25) is 9.69 Å². The van der Waals surface area contributed by atoms with Crippen molar-refractivity contribution in [2.45, 2.75) is 31.4 Å². The van der Waals surface area contributed by atoms with Crippen LogP contribution in [-0.2, 0) is 18.6 Å². The van der Waals surface area contributed by atoms with Crippen molar-refractivity contribution in [1.29, 1.82) is 5.26 Å². The van der Waals surface area contributed by atoms with E-state index in [2.05, 4.69) is 6.07 Å². The van der Waals surface area contributed by atoms with Crippen LogP contribution in [0, 0.1) is 11.3 Å². The Hall–Kier alpha value is -2.62. The van der Waals surface area contributed by atoms with Crippen molar-refractivity contribution in [3.05, 3.63) is 63.7 Å². The summed E-state index contributed by atoms with van der Waals surface area (Å²) in [5.74, 6) is -0.136. The first-order valence-electron chi connectivity index (χ1n) is 8.23. The van der Waals surface area contributed by atoms with Crippen molar-refractivity contribution in [1.82, 2.24) is 4.90 Å². The Balaban J connectivity index is 1.74. The quantitative estimate of drug-likeness (QED) is 0.882. The molecule has 0 radical (unpaired) electrons. The molecule has 0 bridgehead atoms. The molecular formula is C19H20N2O4. The van der Waals surface area contributed by atoms with Gasteiger partial charge in [-0.05, 0) is 18.4 Å². The fraction of sp³-hybridized carbons (Fsp3) is 0.368. The van der Waals surface area contributed by atoms with Gasteiger partial charge in [0.25, 0.3) is 0 Å². The van der Waals surface area contributed by atoms with Crippen LogP contribution in [0.5, 0.6) is 5.75 Å². The van der Waals surface area contributed by atoms with Crippen LogP contribution in [0.2, 0.25) is 0 Å². The highest BCUT2D eigenvalue weighted by atomic mass is 16.4. The molecule has 6 nitrogen and oxygen atoms in total. The second kappa shape index (κ2) is 7.09. The van der Waals surface area contributed by atoms with E-state index >= 15 is 0 Å². The zero-order valence-corrected chi connectivity index (χ0v) is 13.8. The van der Waals surface area contributed by atoms with Crippen molar-refractivity contribution in [3.8, 4) is 11.8 Å². The van der Waals surface area contributed by atoms with Crippen molar-refractivity contribution in [3.63, 3.8) is 0 Å². The number of aromatic hydroxyl groups is 1. The molecule has 0 spiro atoms. The molecular weight excluding hydrogens is 320 g/mol. The number of aliphatic hydroxyl groups excluding tert-OH is 1. The Bertz CT molecular complexity index is 831. The molecule has 1 aliphatic rings. The van der Waals surface area contributed by atoms with E-state index in [0.29, 0.717) is 25.9 Å². The van der Waals surface area contributed by atoms with Gasteiger partial charge in [0, 0.05) is 19.2 Å². The van der Waals surface area contributed by atoms with E-state index in [1.807, 2.05) is 35.2 Å². The Morgan fingerprint density at radius 3 is 2.52 bits per heavy atom. The van der Waals surface area contributed by atoms with Crippen molar-refractivity contribution >= 4 is 0 Å². The number of piperidine rings is 1. The van der Waals surface area contributed by atoms with Crippen LogP contribution in [0.25, 0.3) is 0 Å². The number of nitrogens with zero attached hydrogens (tertiary/aromatic N) is 2. The summed E-state index contributed by atoms with van der Waals surface area (Å²) in [7, 11) is 0. The Kier molecular flexibility index (Phi) is 4.88. The van der Waals surface area contributed by atoms with E-state index in [-0.39, 0.29) is 18.1 Å². The van der Waals surface area contributed by atoms with E-state index in [4.69, 9.17) is 9.52 Å². The number of rotatable bonds is 4. The Labute approximate surface area is 145 Å². The first-order chi connectivity index (χ1) is 12.1. The molecule has 1 aliphatic heterocycles. The maximum Gasteiger partial charge on any atom is 0.227 e. The minimum atomic E-state index is -0.557. The lowest BCUT2D eigenvalue weighted by Crippen LogP contribution is -2.41. The number of benzene rings is 1. The second-order valence-electron chi connectivity index (χ2n) is 6.34. The predicted molar refractivity (Wildman–Crippen MR) is 90.8 cm³/mol. The standard InChI is InChI=1S/C19H20N2O4/c20-13-19(14-4-2-1-3-5-14)6-8-21(9-7-19)11-17-18(24)16(23)10-15(12-22)25-17/h1-5,10,22,24H,6-9,11-12H2. The molecule has 25 heavy (non-hydrogen) atoms. The third kappa shape index (κ3) is 3.43. The summed E-state index contributed by atoms with van der Waals surface area (Å²) in [6, 6.07) is 13.3. The fourth-order valence-corrected chi connectivity index (χ4v) is 3.29. The maximum atomic E-state index is 11.7. The Morgan fingerprint density at radius 1 is 1.24 bits per heavy atom.